The van der Waals surface area contributed by atoms with Gasteiger partial charge in [0.1, 0.15) is 5.88 Å². The zero-order valence-corrected chi connectivity index (χ0v) is 10.5. The van der Waals surface area contributed by atoms with Crippen molar-refractivity contribution in [2.24, 2.45) is 11.7 Å². The molecule has 0 radical (unpaired) electrons. The molecule has 0 fully saturated rings. The second-order valence-electron chi connectivity index (χ2n) is 3.45. The summed E-state index contributed by atoms with van der Waals surface area (Å²) in [7, 11) is 0. The molecule has 0 aliphatic heterocycles. The quantitative estimate of drug-likeness (QED) is 0.183. The topological polar surface area (TPSA) is 145 Å². The van der Waals surface area contributed by atoms with E-state index in [4.69, 9.17) is 29.0 Å². The van der Waals surface area contributed by atoms with Crippen LogP contribution in [0.25, 0.3) is 0 Å². The molecule has 0 bridgehead atoms. The van der Waals surface area contributed by atoms with E-state index >= 15 is 0 Å². The van der Waals surface area contributed by atoms with E-state index in [0.29, 0.717) is 5.01 Å². The number of nitrogens with zero attached hydrogens (tertiary/aromatic N) is 1. The zero-order valence-electron chi connectivity index (χ0n) is 9.72. The minimum absolute atomic E-state index is 0.0283. The largest absolute Gasteiger partial charge is 0.398 e. The number of nitrogens with one attached hydrogen (secondary N) is 1. The highest BCUT2D eigenvalue weighted by molar-refractivity contribution is 6.29. The number of benzene rings is 1. The van der Waals surface area contributed by atoms with Crippen molar-refractivity contribution < 1.29 is 14.4 Å². The van der Waals surface area contributed by atoms with Gasteiger partial charge in [-0.1, -0.05) is 6.07 Å². The third-order valence-corrected chi connectivity index (χ3v) is 2.52. The standard InChI is InChI=1S/C10H12ClN5O3/c11-4-7(17)16(14)10(19)5-2-1-3-6(12)8(5)9(18)15-13/h1-3H,4,12-14H2,(H,15,18). The summed E-state index contributed by atoms with van der Waals surface area (Å²) < 4.78 is 0. The van der Waals surface area contributed by atoms with Crippen LogP contribution in [0, 0.1) is 0 Å². The fraction of sp³-hybridized carbons (Fsp3) is 0.100. The lowest BCUT2D eigenvalue weighted by Crippen LogP contribution is -2.44. The van der Waals surface area contributed by atoms with Crippen LogP contribution in [-0.2, 0) is 4.79 Å². The molecule has 0 spiro atoms. The molecule has 3 amide bonds. The number of carbonyl (C=O) groups is 3. The van der Waals surface area contributed by atoms with Gasteiger partial charge in [-0.2, -0.15) is 0 Å². The van der Waals surface area contributed by atoms with Crippen LogP contribution in [-0.4, -0.2) is 28.6 Å². The number of amides is 3. The third-order valence-electron chi connectivity index (χ3n) is 2.29. The first kappa shape index (κ1) is 14.9. The average Bonchev–Trinajstić information content (AvgIpc) is 2.43. The van der Waals surface area contributed by atoms with E-state index in [1.807, 2.05) is 5.43 Å². The van der Waals surface area contributed by atoms with Crippen molar-refractivity contribution in [3.05, 3.63) is 29.3 Å². The Balaban J connectivity index is 3.27. The molecule has 0 atom stereocenters. The second-order valence-corrected chi connectivity index (χ2v) is 3.71. The van der Waals surface area contributed by atoms with Gasteiger partial charge >= 0.3 is 0 Å². The van der Waals surface area contributed by atoms with E-state index in [1.54, 1.807) is 0 Å². The maximum Gasteiger partial charge on any atom is 0.275 e. The SMILES string of the molecule is NNC(=O)c1c(N)cccc1C(=O)N(N)C(=O)CCl. The summed E-state index contributed by atoms with van der Waals surface area (Å²) in [5.74, 6) is 7.36. The molecule has 0 aromatic heterocycles. The number of nitrogen functional groups attached to an aromatic ring is 2. The summed E-state index contributed by atoms with van der Waals surface area (Å²) in [5, 5.41) is 0.315. The van der Waals surface area contributed by atoms with Crippen LogP contribution in [0.3, 0.4) is 0 Å². The number of imide groups is 1. The lowest BCUT2D eigenvalue weighted by molar-refractivity contribution is -0.126. The van der Waals surface area contributed by atoms with Crippen LogP contribution in [0.5, 0.6) is 0 Å². The summed E-state index contributed by atoms with van der Waals surface area (Å²) in [4.78, 5) is 34.8. The first-order valence-electron chi connectivity index (χ1n) is 5.01. The summed E-state index contributed by atoms with van der Waals surface area (Å²) in [6.07, 6.45) is 0. The van der Waals surface area contributed by atoms with Gasteiger partial charge in [0.15, 0.2) is 0 Å². The monoisotopic (exact) mass is 285 g/mol. The predicted octanol–water partition coefficient (Wildman–Crippen LogP) is -1.05. The number of rotatable bonds is 3. The number of carbonyl (C=O) groups excluding carboxylic acids is 3. The van der Waals surface area contributed by atoms with Gasteiger partial charge in [-0.15, -0.1) is 11.6 Å². The molecule has 1 aromatic rings. The molecule has 19 heavy (non-hydrogen) atoms. The zero-order chi connectivity index (χ0) is 14.6. The van der Waals surface area contributed by atoms with E-state index in [9.17, 15) is 14.4 Å². The van der Waals surface area contributed by atoms with Gasteiger partial charge < -0.3 is 5.73 Å². The van der Waals surface area contributed by atoms with Crippen LogP contribution < -0.4 is 22.8 Å². The van der Waals surface area contributed by atoms with E-state index in [-0.39, 0.29) is 16.8 Å². The Hall–Kier alpha value is -2.16. The maximum atomic E-state index is 12.0. The molecular formula is C10H12ClN5O3. The molecule has 0 saturated carbocycles. The Bertz CT molecular complexity index is 534. The number of anilines is 1. The molecule has 1 rings (SSSR count). The number of nitrogens with two attached hydrogens (primary N) is 3. The van der Waals surface area contributed by atoms with Gasteiger partial charge in [0.05, 0.1) is 11.1 Å². The average molecular weight is 286 g/mol. The molecule has 9 heteroatoms. The third kappa shape index (κ3) is 2.99. The fourth-order valence-corrected chi connectivity index (χ4v) is 1.51. The number of halogens is 1. The van der Waals surface area contributed by atoms with Crippen molar-refractivity contribution in [1.82, 2.24) is 10.4 Å². The lowest BCUT2D eigenvalue weighted by Gasteiger charge is -2.16. The number of hydrogen-bond acceptors (Lipinski definition) is 6. The second kappa shape index (κ2) is 6.14. The normalized spacial score (nSPS) is 9.84. The first-order valence-corrected chi connectivity index (χ1v) is 5.54. The van der Waals surface area contributed by atoms with Gasteiger partial charge in [-0.05, 0) is 12.1 Å². The molecule has 0 unspecified atom stereocenters. The van der Waals surface area contributed by atoms with Crippen molar-refractivity contribution in [3.8, 4) is 0 Å². The highest BCUT2D eigenvalue weighted by atomic mass is 35.5. The van der Waals surface area contributed by atoms with Crippen molar-refractivity contribution in [1.29, 1.82) is 0 Å². The van der Waals surface area contributed by atoms with E-state index in [1.165, 1.54) is 18.2 Å². The Labute approximate surface area is 113 Å². The maximum absolute atomic E-state index is 12.0. The van der Waals surface area contributed by atoms with Crippen molar-refractivity contribution in [2.45, 2.75) is 0 Å². The van der Waals surface area contributed by atoms with E-state index < -0.39 is 23.6 Å². The van der Waals surface area contributed by atoms with Crippen molar-refractivity contribution >= 4 is 35.0 Å². The number of hydrogen-bond donors (Lipinski definition) is 4. The molecule has 0 aliphatic rings. The molecule has 1 aromatic carbocycles. The molecule has 0 aliphatic carbocycles. The molecule has 0 heterocycles. The van der Waals surface area contributed by atoms with Crippen LogP contribution in [0.2, 0.25) is 0 Å². The van der Waals surface area contributed by atoms with Crippen molar-refractivity contribution in [2.75, 3.05) is 11.6 Å². The van der Waals surface area contributed by atoms with Crippen LogP contribution in [0.4, 0.5) is 5.69 Å². The van der Waals surface area contributed by atoms with E-state index in [0.717, 1.165) is 0 Å². The smallest absolute Gasteiger partial charge is 0.275 e. The van der Waals surface area contributed by atoms with Gasteiger partial charge in [-0.3, -0.25) is 19.8 Å². The first-order chi connectivity index (χ1) is 8.93. The lowest BCUT2D eigenvalue weighted by atomic mass is 10.0. The van der Waals surface area contributed by atoms with Crippen LogP contribution in [0.15, 0.2) is 18.2 Å². The molecule has 102 valence electrons. The van der Waals surface area contributed by atoms with Crippen LogP contribution in [0.1, 0.15) is 20.7 Å². The van der Waals surface area contributed by atoms with Gasteiger partial charge in [0.2, 0.25) is 0 Å². The molecule has 0 saturated heterocycles. The van der Waals surface area contributed by atoms with Gasteiger partial charge in [-0.25, -0.2) is 16.7 Å². The van der Waals surface area contributed by atoms with Gasteiger partial charge in [0, 0.05) is 5.69 Å². The van der Waals surface area contributed by atoms with Gasteiger partial charge in [0.25, 0.3) is 17.7 Å². The van der Waals surface area contributed by atoms with E-state index in [2.05, 4.69) is 0 Å². The minimum atomic E-state index is -0.906. The summed E-state index contributed by atoms with van der Waals surface area (Å²) in [5.41, 5.74) is 7.18. The molecule has 7 N–H and O–H groups in total. The highest BCUT2D eigenvalue weighted by Gasteiger charge is 2.25. The summed E-state index contributed by atoms with van der Waals surface area (Å²) in [6.45, 7) is 0. The Kier molecular flexibility index (Phi) is 4.81. The Morgan fingerprint density at radius 3 is 2.47 bits per heavy atom. The fourth-order valence-electron chi connectivity index (χ4n) is 1.38. The highest BCUT2D eigenvalue weighted by Crippen LogP contribution is 2.18. The minimum Gasteiger partial charge on any atom is -0.398 e. The van der Waals surface area contributed by atoms with Crippen molar-refractivity contribution in [3.63, 3.8) is 0 Å². The summed E-state index contributed by atoms with van der Waals surface area (Å²) in [6, 6.07) is 4.14. The Morgan fingerprint density at radius 2 is 1.95 bits per heavy atom. The number of alkyl halides is 1. The molecule has 8 nitrogen and oxygen atoms in total. The summed E-state index contributed by atoms with van der Waals surface area (Å²) >= 11 is 5.29. The predicted molar refractivity (Wildman–Crippen MR) is 68.6 cm³/mol. The molecular weight excluding hydrogens is 274 g/mol. The van der Waals surface area contributed by atoms with Crippen LogP contribution >= 0.6 is 11.6 Å². The Morgan fingerprint density at radius 1 is 1.32 bits per heavy atom. The number of hydrazine groups is 2.